The number of nitrogens with zero attached hydrogens (tertiary/aromatic N) is 3. The molecule has 1 aromatic heterocycles. The molecule has 2 heterocycles. The summed E-state index contributed by atoms with van der Waals surface area (Å²) in [5.74, 6) is 0.770. The van der Waals surface area contributed by atoms with Crippen molar-refractivity contribution < 1.29 is 4.79 Å². The number of aromatic nitrogens is 2. The molecular formula is C19H24N4O. The van der Waals surface area contributed by atoms with E-state index < -0.39 is 0 Å². The van der Waals surface area contributed by atoms with Gasteiger partial charge in [0.25, 0.3) is 0 Å². The van der Waals surface area contributed by atoms with E-state index in [1.165, 1.54) is 0 Å². The molecule has 0 bridgehead atoms. The number of hydrogen-bond acceptors (Lipinski definition) is 4. The van der Waals surface area contributed by atoms with Crippen LogP contribution in [0.5, 0.6) is 0 Å². The van der Waals surface area contributed by atoms with Gasteiger partial charge in [-0.3, -0.25) is 4.79 Å². The Morgan fingerprint density at radius 3 is 2.67 bits per heavy atom. The molecule has 0 spiro atoms. The zero-order valence-corrected chi connectivity index (χ0v) is 14.5. The van der Waals surface area contributed by atoms with Crippen molar-refractivity contribution in [1.29, 1.82) is 0 Å². The van der Waals surface area contributed by atoms with Gasteiger partial charge in [-0.2, -0.15) is 0 Å². The fourth-order valence-electron chi connectivity index (χ4n) is 3.20. The van der Waals surface area contributed by atoms with Crippen molar-refractivity contribution >= 4 is 17.5 Å². The van der Waals surface area contributed by atoms with E-state index in [1.807, 2.05) is 45.0 Å². The third-order valence-corrected chi connectivity index (χ3v) is 4.59. The molecule has 0 aliphatic carbocycles. The molecular weight excluding hydrogens is 300 g/mol. The summed E-state index contributed by atoms with van der Waals surface area (Å²) >= 11 is 0. The van der Waals surface area contributed by atoms with Crippen LogP contribution < -0.4 is 10.2 Å². The van der Waals surface area contributed by atoms with E-state index in [9.17, 15) is 4.79 Å². The average Bonchev–Trinajstić information content (AvgIpc) is 2.58. The molecule has 126 valence electrons. The molecule has 24 heavy (non-hydrogen) atoms. The second-order valence-electron chi connectivity index (χ2n) is 6.54. The van der Waals surface area contributed by atoms with Crippen LogP contribution >= 0.6 is 0 Å². The Kier molecular flexibility index (Phi) is 4.79. The number of carbonyl (C=O) groups is 1. The van der Waals surface area contributed by atoms with Crippen LogP contribution in [0.2, 0.25) is 0 Å². The monoisotopic (exact) mass is 324 g/mol. The first-order valence-electron chi connectivity index (χ1n) is 8.46. The normalized spacial score (nSPS) is 17.6. The quantitative estimate of drug-likeness (QED) is 0.941. The minimum atomic E-state index is -0.0399. The van der Waals surface area contributed by atoms with E-state index in [-0.39, 0.29) is 11.8 Å². The van der Waals surface area contributed by atoms with E-state index >= 15 is 0 Å². The minimum Gasteiger partial charge on any atom is -0.340 e. The zero-order chi connectivity index (χ0) is 17.1. The molecule has 1 aliphatic heterocycles. The third kappa shape index (κ3) is 3.55. The topological polar surface area (TPSA) is 58.1 Å². The smallest absolute Gasteiger partial charge is 0.229 e. The Morgan fingerprint density at radius 1 is 1.21 bits per heavy atom. The number of nitrogens with one attached hydrogen (secondary N) is 1. The van der Waals surface area contributed by atoms with Crippen molar-refractivity contribution in [3.05, 3.63) is 47.3 Å². The first-order valence-corrected chi connectivity index (χ1v) is 8.46. The number of rotatable bonds is 3. The number of benzene rings is 1. The maximum atomic E-state index is 12.7. The highest BCUT2D eigenvalue weighted by molar-refractivity contribution is 5.94. The lowest BCUT2D eigenvalue weighted by Gasteiger charge is -2.32. The van der Waals surface area contributed by atoms with Crippen LogP contribution in [0.3, 0.4) is 0 Å². The lowest BCUT2D eigenvalue weighted by molar-refractivity contribution is -0.120. The standard InChI is InChI=1S/C19H24N4O/c1-13-6-4-7-14(2)17(13)22-18(24)16-8-5-11-23(12-16)19-20-10-9-15(3)21-19/h4,6-7,9-10,16H,5,8,11-12H2,1-3H3,(H,22,24)/t16-/m1/s1. The summed E-state index contributed by atoms with van der Waals surface area (Å²) in [6.45, 7) is 7.57. The highest BCUT2D eigenvalue weighted by Gasteiger charge is 2.27. The molecule has 5 nitrogen and oxygen atoms in total. The summed E-state index contributed by atoms with van der Waals surface area (Å²) in [7, 11) is 0. The van der Waals surface area contributed by atoms with Gasteiger partial charge in [-0.15, -0.1) is 0 Å². The van der Waals surface area contributed by atoms with Crippen molar-refractivity contribution in [1.82, 2.24) is 9.97 Å². The van der Waals surface area contributed by atoms with Crippen LogP contribution in [0, 0.1) is 26.7 Å². The summed E-state index contributed by atoms with van der Waals surface area (Å²) in [4.78, 5) is 23.7. The van der Waals surface area contributed by atoms with Crippen molar-refractivity contribution in [2.75, 3.05) is 23.3 Å². The van der Waals surface area contributed by atoms with Crippen LogP contribution in [0.25, 0.3) is 0 Å². The summed E-state index contributed by atoms with van der Waals surface area (Å²) in [5.41, 5.74) is 4.07. The van der Waals surface area contributed by atoms with Crippen molar-refractivity contribution in [2.45, 2.75) is 33.6 Å². The van der Waals surface area contributed by atoms with E-state index in [1.54, 1.807) is 6.20 Å². The zero-order valence-electron chi connectivity index (χ0n) is 14.5. The maximum absolute atomic E-state index is 12.7. The molecule has 0 saturated carbocycles. The molecule has 1 N–H and O–H groups in total. The Hall–Kier alpha value is -2.43. The predicted molar refractivity (Wildman–Crippen MR) is 96.3 cm³/mol. The first kappa shape index (κ1) is 16.4. The SMILES string of the molecule is Cc1ccnc(N2CCC[C@@H](C(=O)Nc3c(C)cccc3C)C2)n1. The molecule has 1 aliphatic rings. The molecule has 1 amide bonds. The number of hydrogen-bond donors (Lipinski definition) is 1. The molecule has 1 aromatic carbocycles. The molecule has 1 fully saturated rings. The highest BCUT2D eigenvalue weighted by Crippen LogP contribution is 2.24. The maximum Gasteiger partial charge on any atom is 0.229 e. The highest BCUT2D eigenvalue weighted by atomic mass is 16.1. The summed E-state index contributed by atoms with van der Waals surface area (Å²) < 4.78 is 0. The number of para-hydroxylation sites is 1. The Bertz CT molecular complexity index is 724. The van der Waals surface area contributed by atoms with Gasteiger partial charge in [0.2, 0.25) is 11.9 Å². The molecule has 3 rings (SSSR count). The molecule has 0 radical (unpaired) electrons. The molecule has 5 heteroatoms. The van der Waals surface area contributed by atoms with Gasteiger partial charge in [0.15, 0.2) is 0 Å². The van der Waals surface area contributed by atoms with Crippen LogP contribution in [-0.2, 0) is 4.79 Å². The summed E-state index contributed by atoms with van der Waals surface area (Å²) in [5, 5.41) is 3.13. The molecule has 1 saturated heterocycles. The van der Waals surface area contributed by atoms with E-state index in [0.717, 1.165) is 47.8 Å². The second kappa shape index (κ2) is 6.99. The van der Waals surface area contributed by atoms with E-state index in [0.29, 0.717) is 6.54 Å². The predicted octanol–water partition coefficient (Wildman–Crippen LogP) is 3.26. The number of anilines is 2. The van der Waals surface area contributed by atoms with Gasteiger partial charge in [-0.1, -0.05) is 18.2 Å². The Labute approximate surface area is 143 Å². The van der Waals surface area contributed by atoms with Crippen LogP contribution in [-0.4, -0.2) is 29.0 Å². The summed E-state index contributed by atoms with van der Waals surface area (Å²) in [6.07, 6.45) is 3.65. The van der Waals surface area contributed by atoms with Crippen LogP contribution in [0.4, 0.5) is 11.6 Å². The van der Waals surface area contributed by atoms with Gasteiger partial charge >= 0.3 is 0 Å². The van der Waals surface area contributed by atoms with Gasteiger partial charge < -0.3 is 10.2 Å². The fourth-order valence-corrected chi connectivity index (χ4v) is 3.20. The largest absolute Gasteiger partial charge is 0.340 e. The minimum absolute atomic E-state index is 0.0399. The fraction of sp³-hybridized carbons (Fsp3) is 0.421. The first-order chi connectivity index (χ1) is 11.5. The molecule has 2 aromatic rings. The van der Waals surface area contributed by atoms with Gasteiger partial charge in [-0.05, 0) is 50.8 Å². The summed E-state index contributed by atoms with van der Waals surface area (Å²) in [6, 6.07) is 7.95. The third-order valence-electron chi connectivity index (χ3n) is 4.59. The van der Waals surface area contributed by atoms with Gasteiger partial charge in [0.1, 0.15) is 0 Å². The number of amides is 1. The lowest BCUT2D eigenvalue weighted by Crippen LogP contribution is -2.41. The van der Waals surface area contributed by atoms with Crippen molar-refractivity contribution in [2.24, 2.45) is 5.92 Å². The number of piperidine rings is 1. The second-order valence-corrected chi connectivity index (χ2v) is 6.54. The van der Waals surface area contributed by atoms with Gasteiger partial charge in [-0.25, -0.2) is 9.97 Å². The van der Waals surface area contributed by atoms with Gasteiger partial charge in [0.05, 0.1) is 5.92 Å². The average molecular weight is 324 g/mol. The van der Waals surface area contributed by atoms with Crippen molar-refractivity contribution in [3.8, 4) is 0 Å². The number of aryl methyl sites for hydroxylation is 3. The van der Waals surface area contributed by atoms with Crippen LogP contribution in [0.15, 0.2) is 30.5 Å². The molecule has 0 unspecified atom stereocenters. The van der Waals surface area contributed by atoms with E-state index in [2.05, 4.69) is 20.2 Å². The van der Waals surface area contributed by atoms with Gasteiger partial charge in [0, 0.05) is 30.7 Å². The Morgan fingerprint density at radius 2 is 1.96 bits per heavy atom. The lowest BCUT2D eigenvalue weighted by atomic mass is 9.97. The number of carbonyl (C=O) groups excluding carboxylic acids is 1. The van der Waals surface area contributed by atoms with Crippen molar-refractivity contribution in [3.63, 3.8) is 0 Å². The van der Waals surface area contributed by atoms with Crippen LogP contribution in [0.1, 0.15) is 29.7 Å². The Balaban J connectivity index is 1.71. The van der Waals surface area contributed by atoms with E-state index in [4.69, 9.17) is 0 Å². The molecule has 1 atom stereocenters.